The maximum absolute atomic E-state index is 11.3. The van der Waals surface area contributed by atoms with Crippen molar-refractivity contribution in [1.82, 2.24) is 5.32 Å². The first-order chi connectivity index (χ1) is 8.61. The van der Waals surface area contributed by atoms with Crippen LogP contribution < -0.4 is 5.32 Å². The molecule has 0 aliphatic carbocycles. The van der Waals surface area contributed by atoms with Gasteiger partial charge in [0.05, 0.1) is 6.42 Å². The Morgan fingerprint density at radius 1 is 1.39 bits per heavy atom. The third kappa shape index (κ3) is 5.79. The molecule has 0 saturated heterocycles. The largest absolute Gasteiger partial charge is 0.481 e. The van der Waals surface area contributed by atoms with E-state index in [9.17, 15) is 14.7 Å². The number of carbonyl (C=O) groups is 2. The molecule has 1 amide bonds. The minimum absolute atomic E-state index is 0.00490. The summed E-state index contributed by atoms with van der Waals surface area (Å²) < 4.78 is 0. The Morgan fingerprint density at radius 2 is 2.17 bits per heavy atom. The van der Waals surface area contributed by atoms with E-state index in [1.54, 1.807) is 11.3 Å². The molecule has 0 aliphatic rings. The molecular formula is C12H17NO4S. The van der Waals surface area contributed by atoms with E-state index in [1.807, 2.05) is 16.8 Å². The summed E-state index contributed by atoms with van der Waals surface area (Å²) in [6.07, 6.45) is 0.519. The highest BCUT2D eigenvalue weighted by Crippen LogP contribution is 2.11. The van der Waals surface area contributed by atoms with E-state index in [0.29, 0.717) is 13.0 Å². The molecule has 3 N–H and O–H groups in total. The molecule has 0 aliphatic heterocycles. The Hall–Kier alpha value is -1.40. The Balaban J connectivity index is 2.26. The fraction of sp³-hybridized carbons (Fsp3) is 0.500. The second-order valence-electron chi connectivity index (χ2n) is 4.08. The first-order valence-corrected chi connectivity index (χ1v) is 6.66. The van der Waals surface area contributed by atoms with E-state index in [4.69, 9.17) is 5.11 Å². The number of thiophene rings is 1. The number of hydrogen-bond donors (Lipinski definition) is 3. The van der Waals surface area contributed by atoms with Gasteiger partial charge in [-0.1, -0.05) is 0 Å². The summed E-state index contributed by atoms with van der Waals surface area (Å²) >= 11 is 1.59. The Kier molecular flexibility index (Phi) is 6.38. The van der Waals surface area contributed by atoms with Gasteiger partial charge in [-0.2, -0.15) is 11.3 Å². The lowest BCUT2D eigenvalue weighted by Crippen LogP contribution is -2.31. The molecule has 0 spiro atoms. The van der Waals surface area contributed by atoms with Gasteiger partial charge < -0.3 is 15.5 Å². The first kappa shape index (κ1) is 14.7. The van der Waals surface area contributed by atoms with Crippen LogP contribution in [0.15, 0.2) is 16.8 Å². The van der Waals surface area contributed by atoms with Crippen molar-refractivity contribution in [1.29, 1.82) is 0 Å². The lowest BCUT2D eigenvalue weighted by Gasteiger charge is -2.14. The number of rotatable bonds is 8. The molecule has 1 heterocycles. The third-order valence-electron chi connectivity index (χ3n) is 2.52. The lowest BCUT2D eigenvalue weighted by atomic mass is 10.0. The zero-order chi connectivity index (χ0) is 13.4. The zero-order valence-electron chi connectivity index (χ0n) is 9.96. The van der Waals surface area contributed by atoms with E-state index in [0.717, 1.165) is 5.56 Å². The number of carbonyl (C=O) groups excluding carboxylic acids is 1. The Bertz CT molecular complexity index is 377. The molecule has 100 valence electrons. The Labute approximate surface area is 109 Å². The van der Waals surface area contributed by atoms with E-state index in [1.165, 1.54) is 0 Å². The summed E-state index contributed by atoms with van der Waals surface area (Å²) in [7, 11) is 0. The topological polar surface area (TPSA) is 86.6 Å². The van der Waals surface area contributed by atoms with Crippen LogP contribution in [0.4, 0.5) is 0 Å². The average molecular weight is 271 g/mol. The normalized spacial score (nSPS) is 12.1. The molecule has 0 aromatic carbocycles. The number of aliphatic carboxylic acids is 1. The van der Waals surface area contributed by atoms with Crippen LogP contribution in [0.3, 0.4) is 0 Å². The number of hydrogen-bond acceptors (Lipinski definition) is 4. The fourth-order valence-corrected chi connectivity index (χ4v) is 2.19. The molecule has 0 saturated carbocycles. The molecule has 0 fully saturated rings. The molecule has 0 bridgehead atoms. The predicted octanol–water partition coefficient (Wildman–Crippen LogP) is 0.880. The van der Waals surface area contributed by atoms with Gasteiger partial charge in [-0.05, 0) is 28.8 Å². The highest BCUT2D eigenvalue weighted by molar-refractivity contribution is 7.07. The molecule has 1 aromatic rings. The van der Waals surface area contributed by atoms with Crippen molar-refractivity contribution in [3.8, 4) is 0 Å². The number of carboxylic acids is 1. The molecule has 1 atom stereocenters. The molecule has 18 heavy (non-hydrogen) atoms. The van der Waals surface area contributed by atoms with E-state index in [-0.39, 0.29) is 31.3 Å². The molecule has 5 nitrogen and oxygen atoms in total. The van der Waals surface area contributed by atoms with Crippen molar-refractivity contribution < 1.29 is 19.8 Å². The highest BCUT2D eigenvalue weighted by atomic mass is 32.1. The maximum Gasteiger partial charge on any atom is 0.303 e. The van der Waals surface area contributed by atoms with Gasteiger partial charge in [0.15, 0.2) is 0 Å². The van der Waals surface area contributed by atoms with Crippen LogP contribution in [0.5, 0.6) is 0 Å². The summed E-state index contributed by atoms with van der Waals surface area (Å²) in [4.78, 5) is 21.6. The first-order valence-electron chi connectivity index (χ1n) is 5.72. The highest BCUT2D eigenvalue weighted by Gasteiger charge is 2.11. The van der Waals surface area contributed by atoms with Crippen LogP contribution >= 0.6 is 11.3 Å². The standard InChI is InChI=1S/C12H17NO4S/c14-7-10(5-9-3-4-18-8-9)6-13-11(15)1-2-12(16)17/h3-4,8,10,14H,1-2,5-7H2,(H,13,15)(H,16,17)/t10-/m1/s1. The van der Waals surface area contributed by atoms with Gasteiger partial charge in [-0.3, -0.25) is 9.59 Å². The van der Waals surface area contributed by atoms with E-state index < -0.39 is 5.97 Å². The van der Waals surface area contributed by atoms with Crippen molar-refractivity contribution in [3.63, 3.8) is 0 Å². The van der Waals surface area contributed by atoms with Crippen molar-refractivity contribution in [2.45, 2.75) is 19.3 Å². The average Bonchev–Trinajstić information content (AvgIpc) is 2.84. The van der Waals surface area contributed by atoms with Crippen LogP contribution in [0.25, 0.3) is 0 Å². The second kappa shape index (κ2) is 7.84. The lowest BCUT2D eigenvalue weighted by molar-refractivity contribution is -0.138. The summed E-state index contributed by atoms with van der Waals surface area (Å²) in [6, 6.07) is 1.99. The fourth-order valence-electron chi connectivity index (χ4n) is 1.51. The molecule has 1 aromatic heterocycles. The van der Waals surface area contributed by atoms with Crippen molar-refractivity contribution in [2.24, 2.45) is 5.92 Å². The van der Waals surface area contributed by atoms with Crippen molar-refractivity contribution in [3.05, 3.63) is 22.4 Å². The smallest absolute Gasteiger partial charge is 0.303 e. The summed E-state index contributed by atoms with van der Waals surface area (Å²) in [6.45, 7) is 0.361. The van der Waals surface area contributed by atoms with Gasteiger partial charge in [0.2, 0.25) is 5.91 Å². The quantitative estimate of drug-likeness (QED) is 0.655. The second-order valence-corrected chi connectivity index (χ2v) is 4.86. The van der Waals surface area contributed by atoms with Gasteiger partial charge in [-0.15, -0.1) is 0 Å². The minimum Gasteiger partial charge on any atom is -0.481 e. The zero-order valence-corrected chi connectivity index (χ0v) is 10.8. The van der Waals surface area contributed by atoms with Gasteiger partial charge in [0.1, 0.15) is 0 Å². The van der Waals surface area contributed by atoms with Crippen molar-refractivity contribution >= 4 is 23.2 Å². The summed E-state index contributed by atoms with van der Waals surface area (Å²) in [5.74, 6) is -1.31. The van der Waals surface area contributed by atoms with Crippen LogP contribution in [0, 0.1) is 5.92 Å². The number of amides is 1. The van der Waals surface area contributed by atoms with E-state index in [2.05, 4.69) is 5.32 Å². The van der Waals surface area contributed by atoms with Crippen LogP contribution in [0.1, 0.15) is 18.4 Å². The third-order valence-corrected chi connectivity index (χ3v) is 3.25. The molecule has 1 rings (SSSR count). The minimum atomic E-state index is -0.984. The monoisotopic (exact) mass is 271 g/mol. The van der Waals surface area contributed by atoms with E-state index >= 15 is 0 Å². The Morgan fingerprint density at radius 3 is 2.72 bits per heavy atom. The SMILES string of the molecule is O=C(O)CCC(=O)NC[C@H](CO)Cc1ccsc1. The van der Waals surface area contributed by atoms with Gasteiger partial charge in [0, 0.05) is 25.5 Å². The summed E-state index contributed by atoms with van der Waals surface area (Å²) in [5, 5.41) is 24.3. The predicted molar refractivity (Wildman–Crippen MR) is 68.5 cm³/mol. The van der Waals surface area contributed by atoms with Crippen LogP contribution in [-0.4, -0.2) is 35.2 Å². The molecule has 0 unspecified atom stereocenters. The summed E-state index contributed by atoms with van der Waals surface area (Å²) in [5.41, 5.74) is 1.14. The molecule has 0 radical (unpaired) electrons. The van der Waals surface area contributed by atoms with Gasteiger partial charge in [-0.25, -0.2) is 0 Å². The van der Waals surface area contributed by atoms with Crippen LogP contribution in [0.2, 0.25) is 0 Å². The number of aliphatic hydroxyl groups is 1. The van der Waals surface area contributed by atoms with Crippen LogP contribution in [-0.2, 0) is 16.0 Å². The van der Waals surface area contributed by atoms with Gasteiger partial charge in [0.25, 0.3) is 0 Å². The van der Waals surface area contributed by atoms with Gasteiger partial charge >= 0.3 is 5.97 Å². The number of carboxylic acid groups (broad SMARTS) is 1. The molecular weight excluding hydrogens is 254 g/mol. The molecule has 6 heteroatoms. The maximum atomic E-state index is 11.3. The van der Waals surface area contributed by atoms with Crippen molar-refractivity contribution in [2.75, 3.05) is 13.2 Å². The number of aliphatic hydroxyl groups excluding tert-OH is 1. The number of nitrogens with one attached hydrogen (secondary N) is 1.